The number of thioether (sulfide) groups is 1. The fourth-order valence-corrected chi connectivity index (χ4v) is 4.88. The van der Waals surface area contributed by atoms with Crippen LogP contribution >= 0.6 is 27.7 Å². The maximum absolute atomic E-state index is 12.9. The lowest BCUT2D eigenvalue weighted by Crippen LogP contribution is -2.47. The van der Waals surface area contributed by atoms with Crippen LogP contribution in [0.25, 0.3) is 0 Å². The van der Waals surface area contributed by atoms with E-state index < -0.39 is 10.8 Å². The highest BCUT2D eigenvalue weighted by atomic mass is 79.9. The number of anilines is 2. The van der Waals surface area contributed by atoms with Crippen LogP contribution in [0.5, 0.6) is 0 Å². The van der Waals surface area contributed by atoms with Gasteiger partial charge in [-0.2, -0.15) is 0 Å². The topological polar surface area (TPSA) is 86.7 Å². The van der Waals surface area contributed by atoms with Gasteiger partial charge in [0.05, 0.1) is 17.0 Å². The Hall–Kier alpha value is -2.32. The Morgan fingerprint density at radius 1 is 1.24 bits per heavy atom. The predicted octanol–water partition coefficient (Wildman–Crippen LogP) is 3.03. The lowest BCUT2D eigenvalue weighted by atomic mass is 10.0. The van der Waals surface area contributed by atoms with Gasteiger partial charge in [-0.05, 0) is 30.3 Å². The van der Waals surface area contributed by atoms with Gasteiger partial charge in [0.25, 0.3) is 5.91 Å². The number of aromatic carboxylic acids is 1. The van der Waals surface area contributed by atoms with Crippen molar-refractivity contribution in [1.29, 1.82) is 0 Å². The molecule has 8 heteroatoms. The highest BCUT2D eigenvalue weighted by molar-refractivity contribution is 9.10. The molecule has 4 rings (SSSR count). The van der Waals surface area contributed by atoms with Crippen LogP contribution < -0.4 is 10.2 Å². The number of carboxylic acid groups (broad SMARTS) is 1. The quantitative estimate of drug-likeness (QED) is 0.782. The molecule has 2 aromatic carbocycles. The fraction of sp³-hybridized carbons (Fsp3) is 0.118. The molecule has 0 aliphatic carbocycles. The molecule has 1 fully saturated rings. The average molecular weight is 419 g/mol. The number of carbonyl (C=O) groups excluding carboxylic acids is 2. The molecule has 2 aromatic rings. The summed E-state index contributed by atoms with van der Waals surface area (Å²) in [6.07, 6.45) is 0. The molecule has 2 N–H and O–H groups in total. The van der Waals surface area contributed by atoms with E-state index in [0.29, 0.717) is 11.3 Å². The number of nitrogens with zero attached hydrogens (tertiary/aromatic N) is 1. The summed E-state index contributed by atoms with van der Waals surface area (Å²) in [7, 11) is 0. The summed E-state index contributed by atoms with van der Waals surface area (Å²) in [4.78, 5) is 37.2. The van der Waals surface area contributed by atoms with Gasteiger partial charge in [0.1, 0.15) is 0 Å². The molecule has 1 saturated heterocycles. The van der Waals surface area contributed by atoms with E-state index in [1.54, 1.807) is 36.4 Å². The number of amides is 2. The Bertz CT molecular complexity index is 948. The van der Waals surface area contributed by atoms with E-state index >= 15 is 0 Å². The summed E-state index contributed by atoms with van der Waals surface area (Å²) >= 11 is 4.59. The van der Waals surface area contributed by atoms with Gasteiger partial charge in [0.2, 0.25) is 10.8 Å². The first-order valence-electron chi connectivity index (χ1n) is 7.36. The molecule has 0 bridgehead atoms. The van der Waals surface area contributed by atoms with Crippen molar-refractivity contribution < 1.29 is 19.5 Å². The van der Waals surface area contributed by atoms with Crippen molar-refractivity contribution in [3.8, 4) is 0 Å². The van der Waals surface area contributed by atoms with E-state index in [1.807, 2.05) is 0 Å². The summed E-state index contributed by atoms with van der Waals surface area (Å²) in [5, 5.41) is 12.3. The highest BCUT2D eigenvalue weighted by Gasteiger charge is 2.59. The monoisotopic (exact) mass is 418 g/mol. The largest absolute Gasteiger partial charge is 0.478 e. The third-order valence-electron chi connectivity index (χ3n) is 4.25. The van der Waals surface area contributed by atoms with E-state index in [1.165, 1.54) is 22.7 Å². The zero-order valence-electron chi connectivity index (χ0n) is 12.7. The number of nitrogens with one attached hydrogen (secondary N) is 1. The maximum atomic E-state index is 12.9. The van der Waals surface area contributed by atoms with Crippen molar-refractivity contribution in [1.82, 2.24) is 0 Å². The van der Waals surface area contributed by atoms with Crippen LogP contribution in [-0.4, -0.2) is 28.6 Å². The molecule has 1 unspecified atom stereocenters. The Kier molecular flexibility index (Phi) is 3.62. The van der Waals surface area contributed by atoms with Gasteiger partial charge >= 0.3 is 5.97 Å². The second-order valence-electron chi connectivity index (χ2n) is 5.63. The number of rotatable bonds is 2. The maximum Gasteiger partial charge on any atom is 0.337 e. The normalized spacial score (nSPS) is 21.6. The van der Waals surface area contributed by atoms with Gasteiger partial charge in [-0.15, -0.1) is 11.8 Å². The van der Waals surface area contributed by atoms with Crippen LogP contribution in [0.15, 0.2) is 46.9 Å². The van der Waals surface area contributed by atoms with Gasteiger partial charge in [0.15, 0.2) is 0 Å². The molecule has 0 radical (unpaired) electrons. The number of benzene rings is 2. The minimum Gasteiger partial charge on any atom is -0.478 e. The number of hydrogen-bond acceptors (Lipinski definition) is 4. The summed E-state index contributed by atoms with van der Waals surface area (Å²) in [5.41, 5.74) is 1.46. The summed E-state index contributed by atoms with van der Waals surface area (Å²) < 4.78 is 0.772. The zero-order valence-corrected chi connectivity index (χ0v) is 15.1. The van der Waals surface area contributed by atoms with E-state index in [4.69, 9.17) is 0 Å². The van der Waals surface area contributed by atoms with E-state index in [9.17, 15) is 19.5 Å². The molecule has 1 atom stereocenters. The Morgan fingerprint density at radius 2 is 2.00 bits per heavy atom. The molecular weight excluding hydrogens is 408 g/mol. The first kappa shape index (κ1) is 16.2. The minimum absolute atomic E-state index is 0.0195. The van der Waals surface area contributed by atoms with Gasteiger partial charge in [-0.3, -0.25) is 14.5 Å². The first-order valence-corrected chi connectivity index (χ1v) is 9.14. The minimum atomic E-state index is -1.30. The SMILES string of the molecule is O=C(O)c1ccccc1N1C(=O)CSC12C(=O)Nc1ccc(Br)cc12. The molecule has 6 nitrogen and oxygen atoms in total. The smallest absolute Gasteiger partial charge is 0.337 e. The summed E-state index contributed by atoms with van der Waals surface area (Å²) in [5.74, 6) is -1.71. The highest BCUT2D eigenvalue weighted by Crippen LogP contribution is 2.54. The molecule has 1 spiro atoms. The molecule has 2 aliphatic rings. The van der Waals surface area contributed by atoms with Gasteiger partial charge in [-0.1, -0.05) is 28.1 Å². The van der Waals surface area contributed by atoms with Gasteiger partial charge in [-0.25, -0.2) is 4.79 Å². The molecule has 2 aliphatic heterocycles. The molecule has 0 saturated carbocycles. The Morgan fingerprint density at radius 3 is 2.76 bits per heavy atom. The fourth-order valence-electron chi connectivity index (χ4n) is 3.22. The third-order valence-corrected chi connectivity index (χ3v) is 6.14. The summed E-state index contributed by atoms with van der Waals surface area (Å²) in [6, 6.07) is 11.6. The number of carboxylic acids is 1. The number of carbonyl (C=O) groups is 3. The Labute approximate surface area is 155 Å². The van der Waals surface area contributed by atoms with Crippen LogP contribution in [0.2, 0.25) is 0 Å². The second-order valence-corrected chi connectivity index (χ2v) is 7.71. The molecule has 25 heavy (non-hydrogen) atoms. The number of hydrogen-bond donors (Lipinski definition) is 2. The third kappa shape index (κ3) is 2.21. The van der Waals surface area contributed by atoms with Gasteiger partial charge < -0.3 is 10.4 Å². The van der Waals surface area contributed by atoms with Crippen molar-refractivity contribution >= 4 is 56.9 Å². The van der Waals surface area contributed by atoms with Crippen molar-refractivity contribution in [3.05, 3.63) is 58.1 Å². The van der Waals surface area contributed by atoms with Crippen molar-refractivity contribution in [2.45, 2.75) is 4.87 Å². The van der Waals surface area contributed by atoms with Crippen molar-refractivity contribution in [2.75, 3.05) is 16.0 Å². The predicted molar refractivity (Wildman–Crippen MR) is 97.8 cm³/mol. The lowest BCUT2D eigenvalue weighted by Gasteiger charge is -2.33. The van der Waals surface area contributed by atoms with Crippen LogP contribution in [0, 0.1) is 0 Å². The summed E-state index contributed by atoms with van der Waals surface area (Å²) in [6.45, 7) is 0. The lowest BCUT2D eigenvalue weighted by molar-refractivity contribution is -0.122. The van der Waals surface area contributed by atoms with E-state index in [2.05, 4.69) is 21.2 Å². The van der Waals surface area contributed by atoms with Crippen LogP contribution in [-0.2, 0) is 14.5 Å². The standard InChI is InChI=1S/C17H11BrN2O4S/c18-9-5-6-12-11(7-9)17(16(24)19-12)20(14(21)8-25-17)13-4-2-1-3-10(13)15(22)23/h1-7H,8H2,(H,19,24)(H,22,23). The van der Waals surface area contributed by atoms with Crippen molar-refractivity contribution in [3.63, 3.8) is 0 Å². The number of para-hydroxylation sites is 1. The molecule has 126 valence electrons. The van der Waals surface area contributed by atoms with Crippen molar-refractivity contribution in [2.24, 2.45) is 0 Å². The second kappa shape index (κ2) is 5.60. The number of fused-ring (bicyclic) bond motifs is 2. The van der Waals surface area contributed by atoms with Crippen LogP contribution in [0.3, 0.4) is 0 Å². The van der Waals surface area contributed by atoms with Crippen LogP contribution in [0.1, 0.15) is 15.9 Å². The molecule has 0 aromatic heterocycles. The van der Waals surface area contributed by atoms with Crippen LogP contribution in [0.4, 0.5) is 11.4 Å². The van der Waals surface area contributed by atoms with E-state index in [-0.39, 0.29) is 28.8 Å². The average Bonchev–Trinajstić information content (AvgIpc) is 3.07. The van der Waals surface area contributed by atoms with Gasteiger partial charge in [0, 0.05) is 15.7 Å². The Balaban J connectivity index is 1.98. The number of halogens is 1. The molecule has 2 heterocycles. The molecular formula is C17H11BrN2O4S. The molecule has 2 amide bonds. The van der Waals surface area contributed by atoms with E-state index in [0.717, 1.165) is 4.47 Å². The first-order chi connectivity index (χ1) is 11.9. The zero-order chi connectivity index (χ0) is 17.8.